The first-order valence-electron chi connectivity index (χ1n) is 6.00. The molecule has 1 aromatic heterocycles. The number of aromatic nitrogens is 2. The second kappa shape index (κ2) is 5.31. The first-order valence-corrected chi connectivity index (χ1v) is 6.00. The van der Waals surface area contributed by atoms with Crippen LogP contribution in [-0.2, 0) is 20.1 Å². The highest BCUT2D eigenvalue weighted by atomic mass is 19.1. The Hall–Kier alpha value is -1.68. The first kappa shape index (κ1) is 12.8. The molecule has 0 unspecified atom stereocenters. The topological polar surface area (TPSA) is 29.9 Å². The minimum Gasteiger partial charge on any atom is -0.309 e. The van der Waals surface area contributed by atoms with Crippen LogP contribution in [0, 0.1) is 19.7 Å². The van der Waals surface area contributed by atoms with Crippen LogP contribution in [-0.4, -0.2) is 9.78 Å². The number of halogens is 1. The molecule has 0 amide bonds. The third-order valence-corrected chi connectivity index (χ3v) is 2.91. The van der Waals surface area contributed by atoms with Crippen LogP contribution >= 0.6 is 0 Å². The molecule has 1 aromatic carbocycles. The van der Waals surface area contributed by atoms with Crippen molar-refractivity contribution in [2.75, 3.05) is 0 Å². The summed E-state index contributed by atoms with van der Waals surface area (Å²) in [7, 11) is 1.90. The zero-order chi connectivity index (χ0) is 13.1. The van der Waals surface area contributed by atoms with Crippen molar-refractivity contribution in [2.24, 2.45) is 7.05 Å². The lowest BCUT2D eigenvalue weighted by Gasteiger charge is -2.07. The molecule has 3 nitrogen and oxygen atoms in total. The van der Waals surface area contributed by atoms with E-state index in [-0.39, 0.29) is 5.82 Å². The van der Waals surface area contributed by atoms with Crippen LogP contribution in [0.15, 0.2) is 24.5 Å². The maximum absolute atomic E-state index is 13.5. The van der Waals surface area contributed by atoms with Crippen LogP contribution in [0.4, 0.5) is 4.39 Å². The highest BCUT2D eigenvalue weighted by Gasteiger charge is 2.04. The fourth-order valence-corrected chi connectivity index (χ4v) is 2.05. The van der Waals surface area contributed by atoms with Crippen molar-refractivity contribution < 1.29 is 4.39 Å². The standard InChI is InChI=1S/C14H18FN3/c1-10-4-12(5-11(2)14(10)15)6-16-7-13-8-17-18(3)9-13/h4-5,8-9,16H,6-7H2,1-3H3. The van der Waals surface area contributed by atoms with E-state index in [4.69, 9.17) is 0 Å². The summed E-state index contributed by atoms with van der Waals surface area (Å²) in [6.45, 7) is 5.10. The lowest BCUT2D eigenvalue weighted by atomic mass is 10.1. The van der Waals surface area contributed by atoms with Gasteiger partial charge in [-0.15, -0.1) is 0 Å². The van der Waals surface area contributed by atoms with Gasteiger partial charge >= 0.3 is 0 Å². The van der Waals surface area contributed by atoms with Crippen LogP contribution in [0.3, 0.4) is 0 Å². The van der Waals surface area contributed by atoms with E-state index in [0.717, 1.165) is 24.2 Å². The normalized spacial score (nSPS) is 10.9. The van der Waals surface area contributed by atoms with E-state index in [9.17, 15) is 4.39 Å². The summed E-state index contributed by atoms with van der Waals surface area (Å²) in [4.78, 5) is 0. The van der Waals surface area contributed by atoms with E-state index in [1.165, 1.54) is 0 Å². The van der Waals surface area contributed by atoms with E-state index in [2.05, 4.69) is 10.4 Å². The van der Waals surface area contributed by atoms with E-state index >= 15 is 0 Å². The van der Waals surface area contributed by atoms with Gasteiger partial charge < -0.3 is 5.32 Å². The summed E-state index contributed by atoms with van der Waals surface area (Å²) in [5.74, 6) is -0.106. The smallest absolute Gasteiger partial charge is 0.129 e. The molecular formula is C14H18FN3. The molecule has 18 heavy (non-hydrogen) atoms. The van der Waals surface area contributed by atoms with Crippen LogP contribution < -0.4 is 5.32 Å². The summed E-state index contributed by atoms with van der Waals surface area (Å²) in [5.41, 5.74) is 3.66. The number of aryl methyl sites for hydroxylation is 3. The van der Waals surface area contributed by atoms with Crippen LogP contribution in [0.1, 0.15) is 22.3 Å². The maximum Gasteiger partial charge on any atom is 0.129 e. The molecule has 1 N–H and O–H groups in total. The van der Waals surface area contributed by atoms with E-state index in [1.54, 1.807) is 18.5 Å². The minimum atomic E-state index is -0.106. The van der Waals surface area contributed by atoms with Crippen molar-refractivity contribution in [2.45, 2.75) is 26.9 Å². The van der Waals surface area contributed by atoms with Gasteiger partial charge in [-0.05, 0) is 30.5 Å². The Morgan fingerprint density at radius 1 is 1.17 bits per heavy atom. The summed E-state index contributed by atoms with van der Waals surface area (Å²) in [6, 6.07) is 3.77. The Morgan fingerprint density at radius 2 is 1.78 bits per heavy atom. The molecule has 0 fully saturated rings. The number of nitrogens with one attached hydrogen (secondary N) is 1. The molecule has 0 bridgehead atoms. The zero-order valence-corrected chi connectivity index (χ0v) is 11.0. The van der Waals surface area contributed by atoms with Gasteiger partial charge in [0.25, 0.3) is 0 Å². The lowest BCUT2D eigenvalue weighted by Crippen LogP contribution is -2.12. The second-order valence-electron chi connectivity index (χ2n) is 4.67. The minimum absolute atomic E-state index is 0.106. The largest absolute Gasteiger partial charge is 0.309 e. The Kier molecular flexibility index (Phi) is 3.77. The average Bonchev–Trinajstić information content (AvgIpc) is 2.72. The molecule has 4 heteroatoms. The maximum atomic E-state index is 13.5. The summed E-state index contributed by atoms with van der Waals surface area (Å²) in [5, 5.41) is 7.44. The molecule has 0 saturated heterocycles. The number of hydrogen-bond acceptors (Lipinski definition) is 2. The number of nitrogens with zero attached hydrogens (tertiary/aromatic N) is 2. The average molecular weight is 247 g/mol. The molecule has 0 aliphatic heterocycles. The molecule has 0 aliphatic rings. The molecule has 0 radical (unpaired) electrons. The van der Waals surface area contributed by atoms with E-state index in [0.29, 0.717) is 11.1 Å². The number of hydrogen-bond donors (Lipinski definition) is 1. The Bertz CT molecular complexity index is 523. The molecule has 0 aliphatic carbocycles. The third kappa shape index (κ3) is 2.96. The first-order chi connectivity index (χ1) is 8.56. The van der Waals surface area contributed by atoms with Crippen LogP contribution in [0.5, 0.6) is 0 Å². The van der Waals surface area contributed by atoms with Gasteiger partial charge in [0.2, 0.25) is 0 Å². The van der Waals surface area contributed by atoms with Gasteiger partial charge in [0.1, 0.15) is 5.82 Å². The Balaban J connectivity index is 1.94. The number of benzene rings is 1. The zero-order valence-electron chi connectivity index (χ0n) is 11.0. The van der Waals surface area contributed by atoms with E-state index < -0.39 is 0 Å². The van der Waals surface area contributed by atoms with Gasteiger partial charge in [0.05, 0.1) is 6.20 Å². The van der Waals surface area contributed by atoms with Crippen molar-refractivity contribution >= 4 is 0 Å². The monoisotopic (exact) mass is 247 g/mol. The quantitative estimate of drug-likeness (QED) is 0.899. The van der Waals surface area contributed by atoms with Crippen molar-refractivity contribution in [3.8, 4) is 0 Å². The van der Waals surface area contributed by atoms with Crippen LogP contribution in [0.2, 0.25) is 0 Å². The molecule has 0 spiro atoms. The third-order valence-electron chi connectivity index (χ3n) is 2.91. The molecule has 0 atom stereocenters. The second-order valence-corrected chi connectivity index (χ2v) is 4.67. The summed E-state index contributed by atoms with van der Waals surface area (Å²) < 4.78 is 15.3. The highest BCUT2D eigenvalue weighted by Crippen LogP contribution is 2.14. The number of rotatable bonds is 4. The van der Waals surface area contributed by atoms with E-state index in [1.807, 2.05) is 31.6 Å². The van der Waals surface area contributed by atoms with Crippen molar-refractivity contribution in [1.29, 1.82) is 0 Å². The van der Waals surface area contributed by atoms with Gasteiger partial charge in [-0.1, -0.05) is 12.1 Å². The molecule has 2 aromatic rings. The Morgan fingerprint density at radius 3 is 2.33 bits per heavy atom. The SMILES string of the molecule is Cc1cc(CNCc2cnn(C)c2)cc(C)c1F. The highest BCUT2D eigenvalue weighted by molar-refractivity contribution is 5.30. The molecule has 2 rings (SSSR count). The van der Waals surface area contributed by atoms with Gasteiger partial charge in [0, 0.05) is 31.9 Å². The van der Waals surface area contributed by atoms with Gasteiger partial charge in [-0.3, -0.25) is 4.68 Å². The van der Waals surface area contributed by atoms with Crippen LogP contribution in [0.25, 0.3) is 0 Å². The summed E-state index contributed by atoms with van der Waals surface area (Å²) >= 11 is 0. The van der Waals surface area contributed by atoms with Crippen molar-refractivity contribution in [1.82, 2.24) is 15.1 Å². The predicted molar refractivity (Wildman–Crippen MR) is 69.6 cm³/mol. The van der Waals surface area contributed by atoms with Gasteiger partial charge in [-0.2, -0.15) is 5.10 Å². The fraction of sp³-hybridized carbons (Fsp3) is 0.357. The van der Waals surface area contributed by atoms with Gasteiger partial charge in [-0.25, -0.2) is 4.39 Å². The van der Waals surface area contributed by atoms with Gasteiger partial charge in [0.15, 0.2) is 0 Å². The predicted octanol–water partition coefficient (Wildman–Crippen LogP) is 2.47. The fourth-order valence-electron chi connectivity index (χ4n) is 2.05. The molecule has 1 heterocycles. The Labute approximate surface area is 107 Å². The van der Waals surface area contributed by atoms with Crippen molar-refractivity contribution in [3.05, 3.63) is 52.6 Å². The summed E-state index contributed by atoms with van der Waals surface area (Å²) in [6.07, 6.45) is 3.82. The molecule has 0 saturated carbocycles. The molecule has 96 valence electrons. The molecular weight excluding hydrogens is 229 g/mol. The lowest BCUT2D eigenvalue weighted by molar-refractivity contribution is 0.606. The van der Waals surface area contributed by atoms with Crippen molar-refractivity contribution in [3.63, 3.8) is 0 Å².